The van der Waals surface area contributed by atoms with Crippen LogP contribution in [-0.2, 0) is 4.79 Å². The molecule has 1 unspecified atom stereocenters. The van der Waals surface area contributed by atoms with Gasteiger partial charge in [-0.25, -0.2) is 9.97 Å². The molecular weight excluding hydrogens is 406 g/mol. The van der Waals surface area contributed by atoms with Crippen molar-refractivity contribution in [2.24, 2.45) is 5.92 Å². The first-order valence-corrected chi connectivity index (χ1v) is 10.2. The number of hydrogen-bond donors (Lipinski definition) is 2. The molecular formula is C20H24ClN7O2. The summed E-state index contributed by atoms with van der Waals surface area (Å²) in [4.78, 5) is 41.7. The summed E-state index contributed by atoms with van der Waals surface area (Å²) < 4.78 is 0. The van der Waals surface area contributed by atoms with Gasteiger partial charge in [0, 0.05) is 26.3 Å². The van der Waals surface area contributed by atoms with E-state index in [0.29, 0.717) is 47.0 Å². The second kappa shape index (κ2) is 7.71. The predicted molar refractivity (Wildman–Crippen MR) is 115 cm³/mol. The van der Waals surface area contributed by atoms with Gasteiger partial charge in [0.05, 0.1) is 17.3 Å². The Labute approximate surface area is 179 Å². The Kier molecular flexibility index (Phi) is 5.23. The van der Waals surface area contributed by atoms with Crippen molar-refractivity contribution >= 4 is 40.9 Å². The molecule has 2 N–H and O–H groups in total. The highest BCUT2D eigenvalue weighted by atomic mass is 35.5. The molecule has 0 bridgehead atoms. The molecule has 9 nitrogen and oxygen atoms in total. The van der Waals surface area contributed by atoms with Crippen LogP contribution in [0.3, 0.4) is 0 Å². The first-order valence-electron chi connectivity index (χ1n) is 9.84. The van der Waals surface area contributed by atoms with Crippen LogP contribution in [0.4, 0.5) is 17.5 Å². The molecule has 2 aromatic rings. The largest absolute Gasteiger partial charge is 0.348 e. The number of halogens is 1. The van der Waals surface area contributed by atoms with Gasteiger partial charge in [0.1, 0.15) is 16.9 Å². The summed E-state index contributed by atoms with van der Waals surface area (Å²) in [5.41, 5.74) is 1.85. The van der Waals surface area contributed by atoms with Gasteiger partial charge in [0.15, 0.2) is 5.82 Å². The summed E-state index contributed by atoms with van der Waals surface area (Å²) in [6, 6.07) is 3.04. The third kappa shape index (κ3) is 3.65. The van der Waals surface area contributed by atoms with Gasteiger partial charge in [-0.3, -0.25) is 9.59 Å². The number of pyridine rings is 1. The predicted octanol–water partition coefficient (Wildman–Crippen LogP) is 2.18. The number of carbonyl (C=O) groups is 2. The van der Waals surface area contributed by atoms with Gasteiger partial charge in [-0.15, -0.1) is 0 Å². The van der Waals surface area contributed by atoms with Crippen LogP contribution in [0, 0.1) is 12.8 Å². The number of likely N-dealkylation sites (N-methyl/N-ethyl adjacent to an activating group) is 1. The second-order valence-corrected chi connectivity index (χ2v) is 8.43. The number of carbonyl (C=O) groups excluding carboxylic acids is 2. The van der Waals surface area contributed by atoms with Gasteiger partial charge >= 0.3 is 0 Å². The molecule has 1 fully saturated rings. The van der Waals surface area contributed by atoms with E-state index in [0.717, 1.165) is 0 Å². The normalized spacial score (nSPS) is 18.7. The minimum Gasteiger partial charge on any atom is -0.348 e. The summed E-state index contributed by atoms with van der Waals surface area (Å²) in [5, 5.41) is 6.60. The summed E-state index contributed by atoms with van der Waals surface area (Å²) in [6.07, 6.45) is 1.48. The molecule has 0 spiro atoms. The lowest BCUT2D eigenvalue weighted by Crippen LogP contribution is -2.57. The van der Waals surface area contributed by atoms with E-state index in [1.807, 2.05) is 32.7 Å². The number of amides is 2. The van der Waals surface area contributed by atoms with E-state index in [2.05, 4.69) is 25.6 Å². The first kappa shape index (κ1) is 20.3. The molecule has 30 heavy (non-hydrogen) atoms. The highest BCUT2D eigenvalue weighted by molar-refractivity contribution is 6.29. The maximum atomic E-state index is 12.5. The monoisotopic (exact) mass is 429 g/mol. The molecule has 4 heterocycles. The van der Waals surface area contributed by atoms with E-state index in [1.165, 1.54) is 6.20 Å². The van der Waals surface area contributed by atoms with Crippen molar-refractivity contribution in [3.8, 4) is 0 Å². The van der Waals surface area contributed by atoms with Gasteiger partial charge < -0.3 is 20.4 Å². The molecule has 4 rings (SSSR count). The fraction of sp³-hybridized carbons (Fsp3) is 0.450. The number of hydrogen-bond acceptors (Lipinski definition) is 7. The Morgan fingerprint density at radius 1 is 1.30 bits per heavy atom. The van der Waals surface area contributed by atoms with Gasteiger partial charge in [-0.05, 0) is 25.0 Å². The number of rotatable bonds is 4. The maximum absolute atomic E-state index is 12.5. The number of aryl methyl sites for hydroxylation is 1. The summed E-state index contributed by atoms with van der Waals surface area (Å²) >= 11 is 5.78. The Balaban J connectivity index is 1.44. The van der Waals surface area contributed by atoms with Crippen LogP contribution in [0.25, 0.3) is 0 Å². The van der Waals surface area contributed by atoms with Crippen molar-refractivity contribution in [3.63, 3.8) is 0 Å². The molecule has 10 heteroatoms. The Morgan fingerprint density at radius 3 is 2.67 bits per heavy atom. The van der Waals surface area contributed by atoms with Crippen LogP contribution in [0.1, 0.15) is 29.9 Å². The van der Waals surface area contributed by atoms with Crippen molar-refractivity contribution < 1.29 is 9.59 Å². The fourth-order valence-electron chi connectivity index (χ4n) is 3.88. The van der Waals surface area contributed by atoms with Gasteiger partial charge in [-0.2, -0.15) is 4.98 Å². The third-order valence-corrected chi connectivity index (χ3v) is 5.67. The van der Waals surface area contributed by atoms with E-state index in [-0.39, 0.29) is 29.8 Å². The molecule has 0 aromatic carbocycles. The molecule has 0 radical (unpaired) electrons. The van der Waals surface area contributed by atoms with E-state index >= 15 is 0 Å². The van der Waals surface area contributed by atoms with Crippen LogP contribution < -0.4 is 15.5 Å². The SMILES string of the molecule is Cc1nc(NC2CN(C(=O)c3ccc(Cl)nc3)C2)nc2c1NC(=O)C(C(C)C)N2C. The number of anilines is 3. The van der Waals surface area contributed by atoms with Gasteiger partial charge in [0.2, 0.25) is 11.9 Å². The average molecular weight is 430 g/mol. The maximum Gasteiger partial charge on any atom is 0.255 e. The van der Waals surface area contributed by atoms with Crippen molar-refractivity contribution in [1.29, 1.82) is 0 Å². The molecule has 0 aliphatic carbocycles. The summed E-state index contributed by atoms with van der Waals surface area (Å²) in [5.74, 6) is 1.20. The van der Waals surface area contributed by atoms with Crippen molar-refractivity contribution in [2.45, 2.75) is 32.9 Å². The molecule has 1 atom stereocenters. The number of nitrogens with one attached hydrogen (secondary N) is 2. The van der Waals surface area contributed by atoms with Gasteiger partial charge in [-0.1, -0.05) is 25.4 Å². The van der Waals surface area contributed by atoms with Crippen LogP contribution in [0.15, 0.2) is 18.3 Å². The Morgan fingerprint density at radius 2 is 2.03 bits per heavy atom. The molecule has 2 aliphatic rings. The second-order valence-electron chi connectivity index (χ2n) is 8.04. The zero-order valence-corrected chi connectivity index (χ0v) is 18.1. The zero-order chi connectivity index (χ0) is 21.6. The van der Waals surface area contributed by atoms with Gasteiger partial charge in [0.25, 0.3) is 5.91 Å². The first-order chi connectivity index (χ1) is 14.2. The fourth-order valence-corrected chi connectivity index (χ4v) is 3.99. The average Bonchev–Trinajstić information content (AvgIpc) is 2.65. The van der Waals surface area contributed by atoms with Crippen LogP contribution >= 0.6 is 11.6 Å². The Bertz CT molecular complexity index is 989. The topological polar surface area (TPSA) is 103 Å². The molecule has 0 saturated carbocycles. The van der Waals surface area contributed by atoms with Crippen LogP contribution in [-0.4, -0.2) is 63.9 Å². The lowest BCUT2D eigenvalue weighted by Gasteiger charge is -2.40. The smallest absolute Gasteiger partial charge is 0.255 e. The van der Waals surface area contributed by atoms with E-state index in [1.54, 1.807) is 17.0 Å². The third-order valence-electron chi connectivity index (χ3n) is 5.45. The minimum absolute atomic E-state index is 0.0442. The molecule has 1 saturated heterocycles. The lowest BCUT2D eigenvalue weighted by molar-refractivity contribution is -0.118. The highest BCUT2D eigenvalue weighted by Crippen LogP contribution is 2.34. The molecule has 2 aliphatic heterocycles. The minimum atomic E-state index is -0.288. The molecule has 2 amide bonds. The standard InChI is InChI=1S/C20H24ClN7O2/c1-10(2)16-18(29)25-15-11(3)23-20(26-17(15)27(16)4)24-13-8-28(9-13)19(30)12-5-6-14(21)22-7-12/h5-7,10,13,16H,8-9H2,1-4H3,(H,25,29)(H,23,24,26). The number of aromatic nitrogens is 3. The highest BCUT2D eigenvalue weighted by Gasteiger charge is 2.36. The summed E-state index contributed by atoms with van der Waals surface area (Å²) in [6.45, 7) is 6.95. The van der Waals surface area contributed by atoms with E-state index in [4.69, 9.17) is 11.6 Å². The van der Waals surface area contributed by atoms with Crippen molar-refractivity contribution in [2.75, 3.05) is 35.7 Å². The van der Waals surface area contributed by atoms with Crippen LogP contribution in [0.5, 0.6) is 0 Å². The number of fused-ring (bicyclic) bond motifs is 1. The Hall–Kier alpha value is -2.94. The molecule has 158 valence electrons. The van der Waals surface area contributed by atoms with Crippen molar-refractivity contribution in [1.82, 2.24) is 19.9 Å². The zero-order valence-electron chi connectivity index (χ0n) is 17.3. The summed E-state index contributed by atoms with van der Waals surface area (Å²) in [7, 11) is 1.88. The van der Waals surface area contributed by atoms with Crippen molar-refractivity contribution in [3.05, 3.63) is 34.7 Å². The molecule has 2 aromatic heterocycles. The number of likely N-dealkylation sites (tertiary alicyclic amines) is 1. The number of nitrogens with zero attached hydrogens (tertiary/aromatic N) is 5. The van der Waals surface area contributed by atoms with E-state index in [9.17, 15) is 9.59 Å². The van der Waals surface area contributed by atoms with E-state index < -0.39 is 0 Å². The quantitative estimate of drug-likeness (QED) is 0.718. The lowest BCUT2D eigenvalue weighted by atomic mass is 9.99. The van der Waals surface area contributed by atoms with Crippen LogP contribution in [0.2, 0.25) is 5.15 Å².